The molecule has 1 saturated heterocycles. The molecule has 17 heteroatoms. The number of rotatable bonds is 12. The van der Waals surface area contributed by atoms with Gasteiger partial charge in [-0.15, -0.1) is 0 Å². The highest BCUT2D eigenvalue weighted by Gasteiger charge is 2.41. The highest BCUT2D eigenvalue weighted by Crippen LogP contribution is 2.66. The molecule has 0 radical (unpaired) electrons. The topological polar surface area (TPSA) is 188 Å². The van der Waals surface area contributed by atoms with Crippen LogP contribution in [0.5, 0.6) is 0 Å². The molecule has 0 aliphatic carbocycles. The van der Waals surface area contributed by atoms with Gasteiger partial charge in [0.15, 0.2) is 6.29 Å². The standard InChI is InChI=1S/C10H24BO13P3/c1-8(22-10-4-2-3-5-19-10)9(20-7-11)6-21-26(15,16)24-27(17,18)23-25(12,13)14/h8-10H,2-7,11H2,1H3,(H,15,16)(H,17,18)(H2,12,13,14). The van der Waals surface area contributed by atoms with Crippen LogP contribution in [0.1, 0.15) is 26.2 Å². The molecule has 0 aromatic carbocycles. The Bertz CT molecular complexity index is 591. The highest BCUT2D eigenvalue weighted by molar-refractivity contribution is 7.66. The average molecular weight is 456 g/mol. The number of phosphoric ester groups is 1. The lowest BCUT2D eigenvalue weighted by Crippen LogP contribution is -2.38. The minimum atomic E-state index is -5.56. The third-order valence-electron chi connectivity index (χ3n) is 3.23. The Labute approximate surface area is 157 Å². The Hall–Kier alpha value is 0.355. The van der Waals surface area contributed by atoms with Crippen molar-refractivity contribution < 1.29 is 60.6 Å². The van der Waals surface area contributed by atoms with E-state index in [1.165, 1.54) is 0 Å². The molecule has 0 spiro atoms. The summed E-state index contributed by atoms with van der Waals surface area (Å²) in [5.74, 6) is 0. The second kappa shape index (κ2) is 10.9. The zero-order valence-electron chi connectivity index (χ0n) is 14.8. The van der Waals surface area contributed by atoms with E-state index in [1.807, 2.05) is 0 Å². The first-order valence-electron chi connectivity index (χ1n) is 8.00. The Morgan fingerprint density at radius 3 is 2.30 bits per heavy atom. The molecule has 160 valence electrons. The van der Waals surface area contributed by atoms with Gasteiger partial charge < -0.3 is 33.8 Å². The van der Waals surface area contributed by atoms with Crippen molar-refractivity contribution >= 4 is 31.3 Å². The quantitative estimate of drug-likeness (QED) is 0.231. The van der Waals surface area contributed by atoms with Crippen molar-refractivity contribution in [3.05, 3.63) is 0 Å². The molecule has 4 N–H and O–H groups in total. The maximum absolute atomic E-state index is 11.8. The molecule has 5 atom stereocenters. The van der Waals surface area contributed by atoms with Crippen LogP contribution < -0.4 is 0 Å². The van der Waals surface area contributed by atoms with E-state index >= 15 is 0 Å². The summed E-state index contributed by atoms with van der Waals surface area (Å²) in [5.41, 5.74) is 0. The van der Waals surface area contributed by atoms with E-state index in [-0.39, 0.29) is 6.51 Å². The summed E-state index contributed by atoms with van der Waals surface area (Å²) >= 11 is 0. The van der Waals surface area contributed by atoms with Gasteiger partial charge in [-0.3, -0.25) is 4.52 Å². The van der Waals surface area contributed by atoms with Crippen LogP contribution >= 0.6 is 23.5 Å². The van der Waals surface area contributed by atoms with Crippen molar-refractivity contribution in [3.63, 3.8) is 0 Å². The summed E-state index contributed by atoms with van der Waals surface area (Å²) in [6.07, 6.45) is 0.598. The molecular weight excluding hydrogens is 432 g/mol. The van der Waals surface area contributed by atoms with Crippen LogP contribution in [-0.4, -0.2) is 65.6 Å². The lowest BCUT2D eigenvalue weighted by molar-refractivity contribution is -0.208. The smallest absolute Gasteiger partial charge is 0.382 e. The summed E-state index contributed by atoms with van der Waals surface area (Å²) < 4.78 is 62.0. The largest absolute Gasteiger partial charge is 0.490 e. The predicted molar refractivity (Wildman–Crippen MR) is 92.2 cm³/mol. The molecule has 0 saturated carbocycles. The van der Waals surface area contributed by atoms with Crippen molar-refractivity contribution in [1.82, 2.24) is 0 Å². The zero-order chi connectivity index (χ0) is 20.7. The van der Waals surface area contributed by atoms with Gasteiger partial charge in [0.25, 0.3) is 0 Å². The van der Waals surface area contributed by atoms with E-state index in [9.17, 15) is 18.6 Å². The van der Waals surface area contributed by atoms with Crippen LogP contribution in [0.4, 0.5) is 0 Å². The fourth-order valence-electron chi connectivity index (χ4n) is 2.15. The van der Waals surface area contributed by atoms with Crippen molar-refractivity contribution in [1.29, 1.82) is 0 Å². The van der Waals surface area contributed by atoms with Gasteiger partial charge in [0.2, 0.25) is 0 Å². The second-order valence-corrected chi connectivity index (χ2v) is 9.94. The fourth-order valence-corrected chi connectivity index (χ4v) is 5.18. The maximum atomic E-state index is 11.8. The normalized spacial score (nSPS) is 25.3. The Morgan fingerprint density at radius 1 is 1.11 bits per heavy atom. The molecule has 1 aliphatic heterocycles. The number of hydrogen-bond acceptors (Lipinski definition) is 9. The molecule has 0 aromatic rings. The van der Waals surface area contributed by atoms with E-state index in [4.69, 9.17) is 28.9 Å². The Morgan fingerprint density at radius 2 is 1.78 bits per heavy atom. The molecule has 0 amide bonds. The van der Waals surface area contributed by atoms with Gasteiger partial charge in [-0.2, -0.15) is 8.62 Å². The fraction of sp³-hybridized carbons (Fsp3) is 1.00. The van der Waals surface area contributed by atoms with E-state index in [0.29, 0.717) is 13.0 Å². The Kier molecular flexibility index (Phi) is 10.3. The minimum absolute atomic E-state index is 0.212. The summed E-state index contributed by atoms with van der Waals surface area (Å²) in [6.45, 7) is 1.81. The van der Waals surface area contributed by atoms with Crippen molar-refractivity contribution in [2.24, 2.45) is 0 Å². The van der Waals surface area contributed by atoms with E-state index in [2.05, 4.69) is 13.1 Å². The van der Waals surface area contributed by atoms with Crippen molar-refractivity contribution in [3.8, 4) is 0 Å². The number of hydrogen-bond donors (Lipinski definition) is 4. The summed E-state index contributed by atoms with van der Waals surface area (Å²) in [4.78, 5) is 35.6. The summed E-state index contributed by atoms with van der Waals surface area (Å²) in [6, 6.07) is 0. The number of ether oxygens (including phenoxy) is 3. The first kappa shape index (κ1) is 25.4. The highest BCUT2D eigenvalue weighted by atomic mass is 31.3. The summed E-state index contributed by atoms with van der Waals surface area (Å²) in [7, 11) is -14.5. The van der Waals surface area contributed by atoms with Crippen LogP contribution in [0.2, 0.25) is 0 Å². The summed E-state index contributed by atoms with van der Waals surface area (Å²) in [5, 5.41) is 0. The van der Waals surface area contributed by atoms with Crippen LogP contribution in [0.3, 0.4) is 0 Å². The molecule has 0 bridgehead atoms. The van der Waals surface area contributed by atoms with Crippen LogP contribution in [-0.2, 0) is 41.1 Å². The SMILES string of the molecule is BCOC(COP(=O)(O)OP(=O)(O)OP(=O)(O)O)C(C)OC1CCCCO1. The zero-order valence-corrected chi connectivity index (χ0v) is 17.5. The lowest BCUT2D eigenvalue weighted by Gasteiger charge is -2.30. The van der Waals surface area contributed by atoms with Crippen molar-refractivity contribution in [2.75, 3.05) is 19.7 Å². The van der Waals surface area contributed by atoms with E-state index in [1.54, 1.807) is 14.8 Å². The molecule has 13 nitrogen and oxygen atoms in total. The molecule has 1 rings (SSSR count). The molecular formula is C10H24BO13P3. The van der Waals surface area contributed by atoms with Gasteiger partial charge in [-0.05, 0) is 26.2 Å². The predicted octanol–water partition coefficient (Wildman–Crippen LogP) is 0.237. The molecule has 1 aliphatic rings. The first-order valence-corrected chi connectivity index (χ1v) is 12.5. The molecule has 1 heterocycles. The van der Waals surface area contributed by atoms with E-state index < -0.39 is 48.6 Å². The molecule has 0 aromatic heterocycles. The van der Waals surface area contributed by atoms with E-state index in [0.717, 1.165) is 12.8 Å². The second-order valence-electron chi connectivity index (χ2n) is 5.52. The third kappa shape index (κ3) is 11.2. The number of phosphoric acid groups is 3. The monoisotopic (exact) mass is 456 g/mol. The maximum Gasteiger partial charge on any atom is 0.490 e. The van der Waals surface area contributed by atoms with Crippen LogP contribution in [0.25, 0.3) is 0 Å². The molecule has 27 heavy (non-hydrogen) atoms. The van der Waals surface area contributed by atoms with Crippen LogP contribution in [0.15, 0.2) is 0 Å². The average Bonchev–Trinajstić information content (AvgIpc) is 2.48. The molecule has 1 fully saturated rings. The van der Waals surface area contributed by atoms with Crippen molar-refractivity contribution in [2.45, 2.75) is 44.7 Å². The third-order valence-corrected chi connectivity index (χ3v) is 7.03. The lowest BCUT2D eigenvalue weighted by atomic mass is 10.1. The van der Waals surface area contributed by atoms with Gasteiger partial charge in [0.1, 0.15) is 14.0 Å². The van der Waals surface area contributed by atoms with Gasteiger partial charge >= 0.3 is 23.5 Å². The van der Waals surface area contributed by atoms with Crippen LogP contribution in [0, 0.1) is 0 Å². The minimum Gasteiger partial charge on any atom is -0.382 e. The van der Waals surface area contributed by atoms with Gasteiger partial charge in [-0.25, -0.2) is 13.7 Å². The first-order chi connectivity index (χ1) is 12.3. The van der Waals surface area contributed by atoms with Gasteiger partial charge in [0.05, 0.1) is 12.7 Å². The molecule has 5 unspecified atom stereocenters. The van der Waals surface area contributed by atoms with Gasteiger partial charge in [0, 0.05) is 13.1 Å². The Balaban J connectivity index is 2.61. The van der Waals surface area contributed by atoms with Gasteiger partial charge in [-0.1, -0.05) is 0 Å².